The van der Waals surface area contributed by atoms with Gasteiger partial charge in [-0.3, -0.25) is 9.59 Å². The van der Waals surface area contributed by atoms with Crippen LogP contribution in [0.1, 0.15) is 43.0 Å². The number of methoxy groups -OCH3 is 2. The minimum Gasteiger partial charge on any atom is -0.497 e. The Morgan fingerprint density at radius 1 is 1.17 bits per heavy atom. The van der Waals surface area contributed by atoms with E-state index in [0.717, 1.165) is 12.8 Å². The second kappa shape index (κ2) is 6.89. The van der Waals surface area contributed by atoms with Crippen molar-refractivity contribution in [3.63, 3.8) is 0 Å². The van der Waals surface area contributed by atoms with Crippen molar-refractivity contribution < 1.29 is 24.2 Å². The summed E-state index contributed by atoms with van der Waals surface area (Å²) in [5.74, 6) is -0.738. The van der Waals surface area contributed by atoms with E-state index in [9.17, 15) is 14.7 Å². The number of ether oxygens (including phenoxy) is 2. The molecular formula is C17H23NO5. The molecule has 2 N–H and O–H groups in total. The Hall–Kier alpha value is -2.24. The third-order valence-electron chi connectivity index (χ3n) is 4.52. The molecule has 0 radical (unpaired) electrons. The molecule has 1 aliphatic carbocycles. The van der Waals surface area contributed by atoms with Crippen LogP contribution >= 0.6 is 0 Å². The molecule has 1 aliphatic rings. The van der Waals surface area contributed by atoms with E-state index in [4.69, 9.17) is 9.47 Å². The van der Waals surface area contributed by atoms with Crippen LogP contribution in [0, 0.1) is 5.92 Å². The van der Waals surface area contributed by atoms with Crippen molar-refractivity contribution in [2.75, 3.05) is 14.2 Å². The number of nitrogens with one attached hydrogen (secondary N) is 1. The highest BCUT2D eigenvalue weighted by molar-refractivity contribution is 5.96. The molecule has 6 heteroatoms. The molecule has 0 aromatic heterocycles. The monoisotopic (exact) mass is 321 g/mol. The molecule has 0 heterocycles. The Kier molecular flexibility index (Phi) is 5.13. The zero-order chi connectivity index (χ0) is 17.0. The van der Waals surface area contributed by atoms with Gasteiger partial charge in [0.25, 0.3) is 5.91 Å². The predicted molar refractivity (Wildman–Crippen MR) is 85.0 cm³/mol. The fourth-order valence-corrected chi connectivity index (χ4v) is 3.15. The summed E-state index contributed by atoms with van der Waals surface area (Å²) < 4.78 is 10.3. The summed E-state index contributed by atoms with van der Waals surface area (Å²) in [6, 6.07) is 4.90. The zero-order valence-corrected chi connectivity index (χ0v) is 13.7. The summed E-state index contributed by atoms with van der Waals surface area (Å²) in [7, 11) is 3.03. The predicted octanol–water partition coefficient (Wildman–Crippen LogP) is 2.47. The molecule has 23 heavy (non-hydrogen) atoms. The highest BCUT2D eigenvalue weighted by atomic mass is 16.5. The van der Waals surface area contributed by atoms with Crippen LogP contribution in [-0.2, 0) is 4.79 Å². The van der Waals surface area contributed by atoms with Crippen LogP contribution in [0.2, 0.25) is 0 Å². The Balaban J connectivity index is 2.25. The van der Waals surface area contributed by atoms with Gasteiger partial charge in [-0.1, -0.05) is 12.8 Å². The van der Waals surface area contributed by atoms with Gasteiger partial charge in [0.1, 0.15) is 11.5 Å². The number of carboxylic acids is 1. The van der Waals surface area contributed by atoms with E-state index in [1.807, 2.05) is 0 Å². The zero-order valence-electron chi connectivity index (χ0n) is 13.7. The average molecular weight is 321 g/mol. The Bertz CT molecular complexity index is 578. The Labute approximate surface area is 135 Å². The van der Waals surface area contributed by atoms with Crippen LogP contribution in [0.25, 0.3) is 0 Å². The minimum atomic E-state index is -0.865. The fraction of sp³-hybridized carbons (Fsp3) is 0.529. The van der Waals surface area contributed by atoms with Crippen molar-refractivity contribution in [3.05, 3.63) is 23.8 Å². The minimum absolute atomic E-state index is 0.321. The maximum Gasteiger partial charge on any atom is 0.308 e. The quantitative estimate of drug-likeness (QED) is 0.870. The number of carboxylic acid groups (broad SMARTS) is 1. The topological polar surface area (TPSA) is 84.9 Å². The first-order valence-corrected chi connectivity index (χ1v) is 7.68. The average Bonchev–Trinajstić information content (AvgIpc) is 2.53. The number of carbonyl (C=O) groups excluding carboxylic acids is 1. The lowest BCUT2D eigenvalue weighted by Gasteiger charge is -2.39. The van der Waals surface area contributed by atoms with Crippen molar-refractivity contribution in [1.82, 2.24) is 5.32 Å². The maximum absolute atomic E-state index is 12.6. The molecule has 1 saturated carbocycles. The van der Waals surface area contributed by atoms with Gasteiger partial charge in [0.2, 0.25) is 0 Å². The van der Waals surface area contributed by atoms with Crippen molar-refractivity contribution in [3.8, 4) is 11.5 Å². The molecule has 0 bridgehead atoms. The van der Waals surface area contributed by atoms with Crippen LogP contribution in [0.5, 0.6) is 11.5 Å². The molecule has 6 nitrogen and oxygen atoms in total. The van der Waals surface area contributed by atoms with Crippen LogP contribution < -0.4 is 14.8 Å². The van der Waals surface area contributed by atoms with Crippen LogP contribution in [0.3, 0.4) is 0 Å². The van der Waals surface area contributed by atoms with Gasteiger partial charge < -0.3 is 19.9 Å². The molecule has 0 spiro atoms. The third kappa shape index (κ3) is 3.75. The van der Waals surface area contributed by atoms with E-state index >= 15 is 0 Å². The van der Waals surface area contributed by atoms with Crippen LogP contribution in [0.15, 0.2) is 18.2 Å². The molecule has 126 valence electrons. The molecular weight excluding hydrogens is 298 g/mol. The highest BCUT2D eigenvalue weighted by Crippen LogP contribution is 2.34. The van der Waals surface area contributed by atoms with Crippen molar-refractivity contribution in [2.24, 2.45) is 5.92 Å². The highest BCUT2D eigenvalue weighted by Gasteiger charge is 2.42. The van der Waals surface area contributed by atoms with Gasteiger partial charge >= 0.3 is 5.97 Å². The van der Waals surface area contributed by atoms with Crippen molar-refractivity contribution in [2.45, 2.75) is 38.1 Å². The first-order chi connectivity index (χ1) is 10.9. The summed E-state index contributed by atoms with van der Waals surface area (Å²) in [5.41, 5.74) is -0.366. The Morgan fingerprint density at radius 2 is 1.78 bits per heavy atom. The molecule has 2 rings (SSSR count). The molecule has 1 aromatic rings. The van der Waals surface area contributed by atoms with E-state index in [-0.39, 0.29) is 5.91 Å². The van der Waals surface area contributed by atoms with Gasteiger partial charge in [-0.05, 0) is 31.9 Å². The molecule has 1 amide bonds. The SMILES string of the molecule is COc1cc(OC)cc(C(=O)NC2(C)CCCCC2C(=O)O)c1. The fourth-order valence-electron chi connectivity index (χ4n) is 3.15. The van der Waals surface area contributed by atoms with E-state index < -0.39 is 17.4 Å². The first-order valence-electron chi connectivity index (χ1n) is 7.68. The number of benzene rings is 1. The number of rotatable bonds is 5. The molecule has 0 aliphatic heterocycles. The number of hydrogen-bond acceptors (Lipinski definition) is 4. The summed E-state index contributed by atoms with van der Waals surface area (Å²) >= 11 is 0. The van der Waals surface area contributed by atoms with Gasteiger partial charge in [-0.25, -0.2) is 0 Å². The van der Waals surface area contributed by atoms with Crippen molar-refractivity contribution >= 4 is 11.9 Å². The summed E-state index contributed by atoms with van der Waals surface area (Å²) in [5, 5.41) is 12.3. The van der Waals surface area contributed by atoms with Gasteiger partial charge in [0.05, 0.1) is 25.7 Å². The van der Waals surface area contributed by atoms with E-state index in [2.05, 4.69) is 5.32 Å². The number of amides is 1. The number of hydrogen-bond donors (Lipinski definition) is 2. The Morgan fingerprint density at radius 3 is 2.30 bits per heavy atom. The number of carbonyl (C=O) groups is 2. The second-order valence-corrected chi connectivity index (χ2v) is 6.11. The molecule has 1 fully saturated rings. The van der Waals surface area contributed by atoms with E-state index in [1.165, 1.54) is 14.2 Å². The standard InChI is InChI=1S/C17H23NO5/c1-17(7-5-4-6-14(17)16(20)21)18-15(19)11-8-12(22-2)10-13(9-11)23-3/h8-10,14H,4-7H2,1-3H3,(H,18,19)(H,20,21). The third-order valence-corrected chi connectivity index (χ3v) is 4.52. The summed E-state index contributed by atoms with van der Waals surface area (Å²) in [6.07, 6.45) is 3.00. The van der Waals surface area contributed by atoms with Crippen LogP contribution in [0.4, 0.5) is 0 Å². The summed E-state index contributed by atoms with van der Waals surface area (Å²) in [4.78, 5) is 24.1. The summed E-state index contributed by atoms with van der Waals surface area (Å²) in [6.45, 7) is 1.81. The maximum atomic E-state index is 12.6. The lowest BCUT2D eigenvalue weighted by Crippen LogP contribution is -2.55. The largest absolute Gasteiger partial charge is 0.497 e. The molecule has 0 saturated heterocycles. The lowest BCUT2D eigenvalue weighted by atomic mass is 9.73. The van der Waals surface area contributed by atoms with Gasteiger partial charge in [-0.2, -0.15) is 0 Å². The van der Waals surface area contributed by atoms with Gasteiger partial charge in [-0.15, -0.1) is 0 Å². The second-order valence-electron chi connectivity index (χ2n) is 6.11. The van der Waals surface area contributed by atoms with E-state index in [1.54, 1.807) is 25.1 Å². The van der Waals surface area contributed by atoms with Crippen molar-refractivity contribution in [1.29, 1.82) is 0 Å². The van der Waals surface area contributed by atoms with Crippen LogP contribution in [-0.4, -0.2) is 36.7 Å². The smallest absolute Gasteiger partial charge is 0.308 e. The molecule has 2 atom stereocenters. The normalized spacial score (nSPS) is 23.9. The molecule has 2 unspecified atom stereocenters. The van der Waals surface area contributed by atoms with Gasteiger partial charge in [0, 0.05) is 11.6 Å². The molecule has 1 aromatic carbocycles. The first kappa shape index (κ1) is 17.1. The number of aliphatic carboxylic acids is 1. The van der Waals surface area contributed by atoms with E-state index in [0.29, 0.717) is 29.9 Å². The lowest BCUT2D eigenvalue weighted by molar-refractivity contribution is -0.145. The van der Waals surface area contributed by atoms with Gasteiger partial charge in [0.15, 0.2) is 0 Å².